The molecule has 0 spiro atoms. The highest BCUT2D eigenvalue weighted by molar-refractivity contribution is 5.70. The van der Waals surface area contributed by atoms with Crippen molar-refractivity contribution in [1.29, 1.82) is 0 Å². The van der Waals surface area contributed by atoms with Gasteiger partial charge >= 0.3 is 0 Å². The topological polar surface area (TPSA) is 160 Å². The molecule has 1 saturated heterocycles. The fourth-order valence-corrected chi connectivity index (χ4v) is 2.62. The van der Waals surface area contributed by atoms with E-state index in [1.807, 2.05) is 5.92 Å². The molecule has 3 rings (SSSR count). The zero-order valence-corrected chi connectivity index (χ0v) is 12.2. The Bertz CT molecular complexity index is 886. The van der Waals surface area contributed by atoms with Crippen LogP contribution >= 0.6 is 0 Å². The van der Waals surface area contributed by atoms with Crippen molar-refractivity contribution in [2.24, 2.45) is 0 Å². The molecule has 2 aromatic heterocycles. The highest BCUT2D eigenvalue weighted by Gasteiger charge is 2.56. The van der Waals surface area contributed by atoms with Crippen molar-refractivity contribution in [3.8, 4) is 11.8 Å². The number of nitrogens with two attached hydrogens (primary N) is 1. The number of aromatic nitrogens is 4. The number of H-pyrrole nitrogens is 1. The van der Waals surface area contributed by atoms with Crippen molar-refractivity contribution in [2.75, 3.05) is 19.0 Å². The average Bonchev–Trinajstić information content (AvgIpc) is 3.06. The molecule has 2 aromatic rings. The van der Waals surface area contributed by atoms with Crippen LogP contribution in [0.4, 0.5) is 10.3 Å². The lowest BCUT2D eigenvalue weighted by Crippen LogP contribution is -2.46. The molecule has 1 aliphatic rings. The molecular weight excluding hydrogens is 325 g/mol. The summed E-state index contributed by atoms with van der Waals surface area (Å²) in [6.45, 7) is -1.67. The number of ether oxygens (including phenoxy) is 1. The Morgan fingerprint density at radius 2 is 2.33 bits per heavy atom. The van der Waals surface area contributed by atoms with Gasteiger partial charge in [-0.15, -0.1) is 0 Å². The Kier molecular flexibility index (Phi) is 3.98. The Balaban J connectivity index is 2.18. The molecule has 1 unspecified atom stereocenters. The molecule has 128 valence electrons. The lowest BCUT2D eigenvalue weighted by Gasteiger charge is -2.26. The van der Waals surface area contributed by atoms with E-state index in [1.165, 1.54) is 0 Å². The smallest absolute Gasteiger partial charge is 0.280 e. The molecule has 0 aliphatic carbocycles. The number of hydrogen-bond donors (Lipinski definition) is 5. The molecular formula is C13H14FN5O5. The summed E-state index contributed by atoms with van der Waals surface area (Å²) in [5.41, 5.74) is 2.56. The number of nitrogens with zero attached hydrogens (tertiary/aromatic N) is 3. The van der Waals surface area contributed by atoms with Crippen molar-refractivity contribution >= 4 is 17.1 Å². The van der Waals surface area contributed by atoms with Crippen LogP contribution in [0.5, 0.6) is 0 Å². The molecule has 24 heavy (non-hydrogen) atoms. The van der Waals surface area contributed by atoms with Gasteiger partial charge in [0.15, 0.2) is 23.0 Å². The number of aliphatic hydroxyl groups is 3. The summed E-state index contributed by atoms with van der Waals surface area (Å²) >= 11 is 0. The second-order valence-electron chi connectivity index (χ2n) is 5.19. The summed E-state index contributed by atoms with van der Waals surface area (Å²) < 4.78 is 19.0. The zero-order chi connectivity index (χ0) is 17.5. The van der Waals surface area contributed by atoms with Gasteiger partial charge in [-0.05, 0) is 0 Å². The van der Waals surface area contributed by atoms with Gasteiger partial charge in [0, 0.05) is 0 Å². The number of imidazole rings is 1. The predicted molar refractivity (Wildman–Crippen MR) is 78.3 cm³/mol. The minimum atomic E-state index is -2.24. The third-order valence-corrected chi connectivity index (χ3v) is 3.72. The van der Waals surface area contributed by atoms with Crippen molar-refractivity contribution < 1.29 is 24.4 Å². The maximum absolute atomic E-state index is 12.4. The highest BCUT2D eigenvalue weighted by Crippen LogP contribution is 2.39. The second kappa shape index (κ2) is 5.84. The molecule has 0 amide bonds. The first kappa shape index (κ1) is 16.3. The van der Waals surface area contributed by atoms with Gasteiger partial charge < -0.3 is 25.8 Å². The van der Waals surface area contributed by atoms with E-state index in [9.17, 15) is 24.5 Å². The summed E-state index contributed by atoms with van der Waals surface area (Å²) in [5, 5.41) is 30.2. The molecule has 0 aromatic carbocycles. The number of rotatable bonds is 2. The van der Waals surface area contributed by atoms with Crippen molar-refractivity contribution in [1.82, 2.24) is 19.5 Å². The van der Waals surface area contributed by atoms with Crippen molar-refractivity contribution in [3.63, 3.8) is 0 Å². The number of alkyl halides is 1. The highest BCUT2D eigenvalue weighted by atomic mass is 19.1. The first-order valence-electron chi connectivity index (χ1n) is 6.87. The van der Waals surface area contributed by atoms with E-state index >= 15 is 0 Å². The van der Waals surface area contributed by atoms with E-state index in [2.05, 4.69) is 20.9 Å². The number of aromatic amines is 1. The van der Waals surface area contributed by atoms with E-state index < -0.39 is 42.9 Å². The van der Waals surface area contributed by atoms with Crippen LogP contribution < -0.4 is 11.3 Å². The molecule has 0 radical (unpaired) electrons. The molecule has 0 bridgehead atoms. The summed E-state index contributed by atoms with van der Waals surface area (Å²) in [5.74, 6) is 4.05. The first-order chi connectivity index (χ1) is 11.4. The Hall–Kier alpha value is -2.52. The molecule has 1 aliphatic heterocycles. The number of hydrogen-bond acceptors (Lipinski definition) is 8. The fraction of sp³-hybridized carbons (Fsp3) is 0.462. The van der Waals surface area contributed by atoms with Gasteiger partial charge in [-0.25, -0.2) is 9.37 Å². The Morgan fingerprint density at radius 3 is 3.00 bits per heavy atom. The molecule has 6 N–H and O–H groups in total. The van der Waals surface area contributed by atoms with Crippen molar-refractivity contribution in [3.05, 3.63) is 16.7 Å². The van der Waals surface area contributed by atoms with Gasteiger partial charge in [0.25, 0.3) is 5.56 Å². The van der Waals surface area contributed by atoms with E-state index in [0.29, 0.717) is 0 Å². The Labute approximate surface area is 133 Å². The van der Waals surface area contributed by atoms with Gasteiger partial charge in [0.2, 0.25) is 5.95 Å². The standard InChI is InChI=1S/C13H14FN5O5/c14-3-1-2-13(23)8(21)6(4-20)24-11(13)19-5-16-7-9(19)17-12(15)18-10(7)22/h5-6,8,11,20-21,23H,3-4H2,(H3,15,17,18,22)/t6-,8?,11-,13-/m1/s1. The number of fused-ring (bicyclic) bond motifs is 1. The quantitative estimate of drug-likeness (QED) is 0.380. The monoisotopic (exact) mass is 339 g/mol. The predicted octanol–water partition coefficient (Wildman–Crippen LogP) is -2.34. The van der Waals surface area contributed by atoms with Crippen LogP contribution in [-0.2, 0) is 4.74 Å². The maximum atomic E-state index is 12.4. The number of nitrogens with one attached hydrogen (secondary N) is 1. The molecule has 3 heterocycles. The maximum Gasteiger partial charge on any atom is 0.280 e. The molecule has 4 atom stereocenters. The van der Waals surface area contributed by atoms with Crippen LogP contribution in [-0.4, -0.2) is 65.9 Å². The van der Waals surface area contributed by atoms with E-state index in [4.69, 9.17) is 10.5 Å². The number of nitrogen functional groups attached to an aromatic ring is 1. The molecule has 1 fully saturated rings. The minimum Gasteiger partial charge on any atom is -0.394 e. The zero-order valence-electron chi connectivity index (χ0n) is 12.2. The summed E-state index contributed by atoms with van der Waals surface area (Å²) in [4.78, 5) is 21.9. The first-order valence-corrected chi connectivity index (χ1v) is 6.87. The van der Waals surface area contributed by atoms with Crippen LogP contribution in [0.15, 0.2) is 11.1 Å². The van der Waals surface area contributed by atoms with Gasteiger partial charge in [0.05, 0.1) is 12.9 Å². The molecule has 11 heteroatoms. The SMILES string of the molecule is Nc1nc2c(ncn2[C@@H]2O[C@H](CO)C(O)[C@]2(O)C#CCF)c(=O)[nH]1. The van der Waals surface area contributed by atoms with E-state index in [-0.39, 0.29) is 17.1 Å². The lowest BCUT2D eigenvalue weighted by atomic mass is 9.94. The summed E-state index contributed by atoms with van der Waals surface area (Å²) in [7, 11) is 0. The average molecular weight is 339 g/mol. The summed E-state index contributed by atoms with van der Waals surface area (Å²) in [6, 6.07) is 0. The van der Waals surface area contributed by atoms with Crippen LogP contribution in [0.3, 0.4) is 0 Å². The van der Waals surface area contributed by atoms with Gasteiger partial charge in [-0.3, -0.25) is 14.3 Å². The summed E-state index contributed by atoms with van der Waals surface area (Å²) in [6.07, 6.45) is -3.04. The van der Waals surface area contributed by atoms with Crippen LogP contribution in [0, 0.1) is 11.8 Å². The van der Waals surface area contributed by atoms with Crippen LogP contribution in [0.2, 0.25) is 0 Å². The van der Waals surface area contributed by atoms with Crippen LogP contribution in [0.1, 0.15) is 6.23 Å². The third kappa shape index (κ3) is 2.33. The lowest BCUT2D eigenvalue weighted by molar-refractivity contribution is -0.0722. The van der Waals surface area contributed by atoms with E-state index in [0.717, 1.165) is 10.9 Å². The van der Waals surface area contributed by atoms with Crippen LogP contribution in [0.25, 0.3) is 11.2 Å². The molecule has 10 nitrogen and oxygen atoms in total. The van der Waals surface area contributed by atoms with Gasteiger partial charge in [0.1, 0.15) is 18.9 Å². The largest absolute Gasteiger partial charge is 0.394 e. The third-order valence-electron chi connectivity index (χ3n) is 3.72. The number of halogens is 1. The Morgan fingerprint density at radius 1 is 1.58 bits per heavy atom. The van der Waals surface area contributed by atoms with Crippen molar-refractivity contribution in [2.45, 2.75) is 24.0 Å². The fourth-order valence-electron chi connectivity index (χ4n) is 2.62. The van der Waals surface area contributed by atoms with Gasteiger partial charge in [-0.1, -0.05) is 11.8 Å². The minimum absolute atomic E-state index is 0.0208. The van der Waals surface area contributed by atoms with E-state index in [1.54, 1.807) is 0 Å². The number of anilines is 1. The second-order valence-corrected chi connectivity index (χ2v) is 5.19. The normalized spacial score (nSPS) is 29.6. The number of aliphatic hydroxyl groups excluding tert-OH is 2. The molecule has 0 saturated carbocycles. The van der Waals surface area contributed by atoms with Gasteiger partial charge in [-0.2, -0.15) is 4.98 Å².